The number of aliphatic imine (C=N–C) groups is 1. The Bertz CT molecular complexity index is 1270. The van der Waals surface area contributed by atoms with Crippen LogP contribution < -0.4 is 9.47 Å². The van der Waals surface area contributed by atoms with Crippen molar-refractivity contribution in [1.29, 1.82) is 0 Å². The molecule has 4 rings (SSSR count). The van der Waals surface area contributed by atoms with Crippen LogP contribution >= 0.6 is 23.2 Å². The molecule has 3 aromatic carbocycles. The predicted molar refractivity (Wildman–Crippen MR) is 125 cm³/mol. The molecule has 0 bridgehead atoms. The second kappa shape index (κ2) is 10.1. The zero-order chi connectivity index (χ0) is 23.4. The molecule has 1 heterocycles. The number of carbonyl (C=O) groups excluding carboxylic acids is 1. The number of hydrogen-bond acceptors (Lipinski definition) is 5. The highest BCUT2D eigenvalue weighted by Gasteiger charge is 2.25. The molecule has 0 N–H and O–H groups in total. The first-order chi connectivity index (χ1) is 15.9. The van der Waals surface area contributed by atoms with Crippen LogP contribution in [0.2, 0.25) is 10.0 Å². The third-order valence-corrected chi connectivity index (χ3v) is 5.12. The van der Waals surface area contributed by atoms with Crippen LogP contribution in [0, 0.1) is 5.82 Å². The molecule has 0 atom stereocenters. The zero-order valence-corrected chi connectivity index (χ0v) is 19.0. The Labute approximate surface area is 200 Å². The zero-order valence-electron chi connectivity index (χ0n) is 17.5. The van der Waals surface area contributed by atoms with Crippen molar-refractivity contribution in [1.82, 2.24) is 0 Å². The van der Waals surface area contributed by atoms with E-state index < -0.39 is 11.8 Å². The number of carbonyl (C=O) groups is 1. The van der Waals surface area contributed by atoms with Gasteiger partial charge in [0.25, 0.3) is 0 Å². The second-order valence-corrected chi connectivity index (χ2v) is 7.87. The summed E-state index contributed by atoms with van der Waals surface area (Å²) in [5, 5.41) is 0.909. The van der Waals surface area contributed by atoms with Gasteiger partial charge < -0.3 is 14.2 Å². The van der Waals surface area contributed by atoms with E-state index in [1.165, 1.54) is 24.3 Å². The first kappa shape index (κ1) is 22.8. The van der Waals surface area contributed by atoms with Crippen molar-refractivity contribution < 1.29 is 23.4 Å². The number of halogens is 3. The van der Waals surface area contributed by atoms with Gasteiger partial charge in [-0.3, -0.25) is 0 Å². The molecule has 33 heavy (non-hydrogen) atoms. The summed E-state index contributed by atoms with van der Waals surface area (Å²) in [7, 11) is 0. The van der Waals surface area contributed by atoms with Crippen LogP contribution in [0.1, 0.15) is 23.6 Å². The van der Waals surface area contributed by atoms with Gasteiger partial charge in [-0.15, -0.1) is 0 Å². The minimum atomic E-state index is -0.648. The smallest absolute Gasteiger partial charge is 0.363 e. The Morgan fingerprint density at radius 3 is 2.64 bits per heavy atom. The van der Waals surface area contributed by atoms with Crippen molar-refractivity contribution in [3.63, 3.8) is 0 Å². The maximum Gasteiger partial charge on any atom is 0.363 e. The largest absolute Gasteiger partial charge is 0.490 e. The average Bonchev–Trinajstić information content (AvgIpc) is 3.14. The average molecular weight is 486 g/mol. The summed E-state index contributed by atoms with van der Waals surface area (Å²) in [6.07, 6.45) is 1.52. The standard InChI is InChI=1S/C25H18Cl2FNO4/c1-2-31-22-12-16(10-20(27)23(22)32-14-15-5-3-7-18(26)9-15)11-21-25(30)33-24(29-21)17-6-4-8-19(28)13-17/h3-13H,2,14H2,1H3/b21-11-. The summed E-state index contributed by atoms with van der Waals surface area (Å²) in [4.78, 5) is 16.5. The van der Waals surface area contributed by atoms with Crippen LogP contribution in [-0.2, 0) is 16.1 Å². The number of benzene rings is 3. The number of rotatable bonds is 7. The molecule has 0 aromatic heterocycles. The van der Waals surface area contributed by atoms with Gasteiger partial charge in [-0.05, 0) is 66.6 Å². The molecular weight excluding hydrogens is 468 g/mol. The molecule has 0 unspecified atom stereocenters. The van der Waals surface area contributed by atoms with Gasteiger partial charge in [-0.25, -0.2) is 14.2 Å². The molecule has 0 spiro atoms. The van der Waals surface area contributed by atoms with E-state index in [0.29, 0.717) is 39.3 Å². The van der Waals surface area contributed by atoms with E-state index in [1.807, 2.05) is 19.1 Å². The molecule has 3 aromatic rings. The molecule has 0 radical (unpaired) electrons. The number of cyclic esters (lactones) is 1. The van der Waals surface area contributed by atoms with Crippen LogP contribution in [0.4, 0.5) is 4.39 Å². The van der Waals surface area contributed by atoms with E-state index in [4.69, 9.17) is 37.4 Å². The Kier molecular flexibility index (Phi) is 6.96. The molecule has 0 saturated heterocycles. The van der Waals surface area contributed by atoms with Gasteiger partial charge >= 0.3 is 5.97 Å². The minimum Gasteiger partial charge on any atom is -0.490 e. The van der Waals surface area contributed by atoms with Gasteiger partial charge in [0, 0.05) is 10.6 Å². The SMILES string of the molecule is CCOc1cc(/C=C2\N=C(c3cccc(F)c3)OC2=O)cc(Cl)c1OCc1cccc(Cl)c1. The topological polar surface area (TPSA) is 57.1 Å². The Morgan fingerprint density at radius 2 is 1.88 bits per heavy atom. The molecular formula is C25H18Cl2FNO4. The number of ether oxygens (including phenoxy) is 3. The predicted octanol–water partition coefficient (Wildman–Crippen LogP) is 6.45. The van der Waals surface area contributed by atoms with Crippen molar-refractivity contribution in [3.8, 4) is 11.5 Å². The maximum absolute atomic E-state index is 13.5. The van der Waals surface area contributed by atoms with Crippen molar-refractivity contribution in [2.45, 2.75) is 13.5 Å². The quantitative estimate of drug-likeness (QED) is 0.284. The molecule has 0 amide bonds. The number of esters is 1. The van der Waals surface area contributed by atoms with Gasteiger partial charge in [0.1, 0.15) is 12.4 Å². The fourth-order valence-corrected chi connectivity index (χ4v) is 3.66. The van der Waals surface area contributed by atoms with E-state index in [1.54, 1.807) is 30.3 Å². The summed E-state index contributed by atoms with van der Waals surface area (Å²) in [5.74, 6) is -0.281. The van der Waals surface area contributed by atoms with E-state index in [9.17, 15) is 9.18 Å². The van der Waals surface area contributed by atoms with Crippen LogP contribution in [0.5, 0.6) is 11.5 Å². The van der Waals surface area contributed by atoms with Crippen molar-refractivity contribution in [3.05, 3.63) is 98.9 Å². The second-order valence-electron chi connectivity index (χ2n) is 7.03. The first-order valence-corrected chi connectivity index (χ1v) is 10.8. The first-order valence-electron chi connectivity index (χ1n) is 10.0. The summed E-state index contributed by atoms with van der Waals surface area (Å²) in [6, 6.07) is 16.3. The summed E-state index contributed by atoms with van der Waals surface area (Å²) < 4.78 is 30.3. The highest BCUT2D eigenvalue weighted by molar-refractivity contribution is 6.32. The van der Waals surface area contributed by atoms with Gasteiger partial charge in [0.2, 0.25) is 5.90 Å². The highest BCUT2D eigenvalue weighted by atomic mass is 35.5. The lowest BCUT2D eigenvalue weighted by atomic mass is 10.1. The fourth-order valence-electron chi connectivity index (χ4n) is 3.17. The fraction of sp³-hybridized carbons (Fsp3) is 0.120. The number of hydrogen-bond donors (Lipinski definition) is 0. The highest BCUT2D eigenvalue weighted by Crippen LogP contribution is 2.38. The lowest BCUT2D eigenvalue weighted by Gasteiger charge is -2.14. The minimum absolute atomic E-state index is 0.0309. The molecule has 168 valence electrons. The molecule has 1 aliphatic rings. The Morgan fingerprint density at radius 1 is 1.06 bits per heavy atom. The van der Waals surface area contributed by atoms with Crippen LogP contribution in [-0.4, -0.2) is 18.5 Å². The maximum atomic E-state index is 13.5. The van der Waals surface area contributed by atoms with Gasteiger partial charge in [-0.1, -0.05) is 41.4 Å². The van der Waals surface area contributed by atoms with Crippen LogP contribution in [0.25, 0.3) is 6.08 Å². The van der Waals surface area contributed by atoms with E-state index >= 15 is 0 Å². The Balaban J connectivity index is 1.61. The molecule has 8 heteroatoms. The molecule has 0 fully saturated rings. The normalized spacial score (nSPS) is 14.2. The molecule has 5 nitrogen and oxygen atoms in total. The lowest BCUT2D eigenvalue weighted by Crippen LogP contribution is -2.05. The summed E-state index contributed by atoms with van der Waals surface area (Å²) >= 11 is 12.5. The molecule has 0 aliphatic carbocycles. The molecule has 1 aliphatic heterocycles. The third-order valence-electron chi connectivity index (χ3n) is 4.60. The van der Waals surface area contributed by atoms with Gasteiger partial charge in [-0.2, -0.15) is 0 Å². The van der Waals surface area contributed by atoms with Crippen LogP contribution in [0.3, 0.4) is 0 Å². The lowest BCUT2D eigenvalue weighted by molar-refractivity contribution is -0.129. The Hall–Kier alpha value is -3.35. The van der Waals surface area contributed by atoms with Crippen molar-refractivity contribution >= 4 is 41.1 Å². The van der Waals surface area contributed by atoms with E-state index in [0.717, 1.165) is 5.56 Å². The van der Waals surface area contributed by atoms with E-state index in [2.05, 4.69) is 4.99 Å². The third kappa shape index (κ3) is 5.53. The van der Waals surface area contributed by atoms with Crippen molar-refractivity contribution in [2.24, 2.45) is 4.99 Å². The van der Waals surface area contributed by atoms with Crippen molar-refractivity contribution in [2.75, 3.05) is 6.61 Å². The monoisotopic (exact) mass is 485 g/mol. The molecule has 0 saturated carbocycles. The van der Waals surface area contributed by atoms with Crippen LogP contribution in [0.15, 0.2) is 71.4 Å². The van der Waals surface area contributed by atoms with E-state index in [-0.39, 0.29) is 18.2 Å². The number of nitrogens with zero attached hydrogens (tertiary/aromatic N) is 1. The van der Waals surface area contributed by atoms with Gasteiger partial charge in [0.15, 0.2) is 17.2 Å². The summed E-state index contributed by atoms with van der Waals surface area (Å²) in [6.45, 7) is 2.46. The summed E-state index contributed by atoms with van der Waals surface area (Å²) in [5.41, 5.74) is 1.86. The van der Waals surface area contributed by atoms with Gasteiger partial charge in [0.05, 0.1) is 11.6 Å².